The third-order valence-electron chi connectivity index (χ3n) is 3.19. The number of hydrogen-bond donors (Lipinski definition) is 2. The van der Waals surface area contributed by atoms with Gasteiger partial charge in [-0.2, -0.15) is 0 Å². The van der Waals surface area contributed by atoms with Crippen LogP contribution in [-0.2, 0) is 17.1 Å². The fourth-order valence-electron chi connectivity index (χ4n) is 2.00. The zero-order valence-corrected chi connectivity index (χ0v) is 14.1. The second-order valence-corrected chi connectivity index (χ2v) is 5.20. The van der Waals surface area contributed by atoms with Crippen molar-refractivity contribution < 1.29 is 27.3 Å². The van der Waals surface area contributed by atoms with Gasteiger partial charge in [0.1, 0.15) is 11.5 Å². The Morgan fingerprint density at radius 3 is 1.57 bits per heavy atom. The van der Waals surface area contributed by atoms with Gasteiger partial charge in [0.25, 0.3) is 0 Å². The molecule has 4 nitrogen and oxygen atoms in total. The van der Waals surface area contributed by atoms with Crippen LogP contribution in [0.4, 0.5) is 0 Å². The number of phenols is 2. The molecule has 0 amide bonds. The minimum absolute atomic E-state index is 0. The number of aromatic hydroxyl groups is 2. The van der Waals surface area contributed by atoms with Crippen LogP contribution in [0.5, 0.6) is 11.5 Å². The Morgan fingerprint density at radius 2 is 1.17 bits per heavy atom. The zero-order chi connectivity index (χ0) is 15.9. The summed E-state index contributed by atoms with van der Waals surface area (Å²) in [6.07, 6.45) is 3.31. The molecule has 23 heavy (non-hydrogen) atoms. The summed E-state index contributed by atoms with van der Waals surface area (Å²) < 4.78 is 0. The average Bonchev–Trinajstić information content (AvgIpc) is 2.49. The van der Waals surface area contributed by atoms with Gasteiger partial charge in [0.15, 0.2) is 0 Å². The molecule has 2 N–H and O–H groups in total. The van der Waals surface area contributed by atoms with E-state index in [2.05, 4.69) is 9.98 Å². The minimum atomic E-state index is 0. The molecule has 0 atom stereocenters. The summed E-state index contributed by atoms with van der Waals surface area (Å²) in [5.41, 5.74) is 3.57. The van der Waals surface area contributed by atoms with Gasteiger partial charge in [-0.15, -0.1) is 0 Å². The van der Waals surface area contributed by atoms with Crippen LogP contribution in [-0.4, -0.2) is 35.7 Å². The van der Waals surface area contributed by atoms with E-state index in [0.29, 0.717) is 24.2 Å². The van der Waals surface area contributed by atoms with Crippen molar-refractivity contribution in [2.75, 3.05) is 13.1 Å². The van der Waals surface area contributed by atoms with Crippen molar-refractivity contribution in [2.24, 2.45) is 9.98 Å². The van der Waals surface area contributed by atoms with E-state index in [1.54, 1.807) is 24.6 Å². The standard InChI is InChI=1S/C18H20N2O2.Cu/c1-13-3-5-17(21)15(9-13)11-19-7-8-20-12-16-10-14(2)4-6-18(16)22;/h3-6,9-12,21-22H,7-8H2,1-2H3;/q;+2. The molecule has 0 aliphatic rings. The van der Waals surface area contributed by atoms with E-state index in [1.165, 1.54) is 0 Å². The number of phenolic OH excluding ortho intramolecular Hbond substituents is 2. The first-order valence-corrected chi connectivity index (χ1v) is 7.15. The molecule has 0 saturated carbocycles. The largest absolute Gasteiger partial charge is 2.00 e. The van der Waals surface area contributed by atoms with Gasteiger partial charge < -0.3 is 10.2 Å². The molecule has 0 aliphatic carbocycles. The van der Waals surface area contributed by atoms with E-state index in [1.807, 2.05) is 38.1 Å². The molecule has 2 rings (SSSR count). The van der Waals surface area contributed by atoms with Gasteiger partial charge in [0.2, 0.25) is 0 Å². The summed E-state index contributed by atoms with van der Waals surface area (Å²) in [4.78, 5) is 8.51. The van der Waals surface area contributed by atoms with Crippen molar-refractivity contribution in [3.63, 3.8) is 0 Å². The summed E-state index contributed by atoms with van der Waals surface area (Å²) in [6, 6.07) is 10.8. The van der Waals surface area contributed by atoms with Crippen LogP contribution in [0.15, 0.2) is 46.4 Å². The van der Waals surface area contributed by atoms with Gasteiger partial charge in [-0.25, -0.2) is 0 Å². The molecule has 0 aromatic heterocycles. The third-order valence-corrected chi connectivity index (χ3v) is 3.19. The molecule has 5 heteroatoms. The van der Waals surface area contributed by atoms with Gasteiger partial charge in [-0.05, 0) is 38.1 Å². The van der Waals surface area contributed by atoms with Gasteiger partial charge in [-0.3, -0.25) is 9.98 Å². The Hall–Kier alpha value is -2.10. The maximum atomic E-state index is 9.69. The monoisotopic (exact) mass is 359 g/mol. The van der Waals surface area contributed by atoms with Gasteiger partial charge in [0.05, 0.1) is 13.1 Å². The SMILES string of the molecule is Cc1ccc(O)c(C=NCCN=Cc2cc(C)ccc2O)c1.[Cu+2]. The van der Waals surface area contributed by atoms with Crippen LogP contribution in [0.3, 0.4) is 0 Å². The smallest absolute Gasteiger partial charge is 0.507 e. The van der Waals surface area contributed by atoms with Crippen LogP contribution in [0.1, 0.15) is 22.3 Å². The number of aliphatic imine (C=N–C) groups is 2. The van der Waals surface area contributed by atoms with Crippen LogP contribution < -0.4 is 0 Å². The summed E-state index contributed by atoms with van der Waals surface area (Å²) in [6.45, 7) is 4.98. The molecule has 1 radical (unpaired) electrons. The predicted octanol–water partition coefficient (Wildman–Crippen LogP) is 3.25. The van der Waals surface area contributed by atoms with E-state index in [4.69, 9.17) is 0 Å². The first kappa shape index (κ1) is 18.9. The summed E-state index contributed by atoms with van der Waals surface area (Å²) in [5, 5.41) is 19.4. The molecule has 0 unspecified atom stereocenters. The molecule has 0 aliphatic heterocycles. The van der Waals surface area contributed by atoms with Crippen LogP contribution in [0.2, 0.25) is 0 Å². The zero-order valence-electron chi connectivity index (χ0n) is 13.1. The van der Waals surface area contributed by atoms with Crippen LogP contribution in [0.25, 0.3) is 0 Å². The first-order valence-electron chi connectivity index (χ1n) is 7.15. The molecular weight excluding hydrogens is 340 g/mol. The fourth-order valence-corrected chi connectivity index (χ4v) is 2.00. The predicted molar refractivity (Wildman–Crippen MR) is 90.6 cm³/mol. The van der Waals surface area contributed by atoms with Crippen molar-refractivity contribution in [1.29, 1.82) is 0 Å². The Balaban J connectivity index is 0.00000264. The van der Waals surface area contributed by atoms with Gasteiger partial charge >= 0.3 is 17.1 Å². The quantitative estimate of drug-likeness (QED) is 0.489. The van der Waals surface area contributed by atoms with Crippen LogP contribution >= 0.6 is 0 Å². The van der Waals surface area contributed by atoms with E-state index in [-0.39, 0.29) is 28.6 Å². The minimum Gasteiger partial charge on any atom is -0.507 e. The molecule has 2 aromatic rings. The van der Waals surface area contributed by atoms with Gasteiger partial charge in [0, 0.05) is 23.6 Å². The maximum Gasteiger partial charge on any atom is 2.00 e. The van der Waals surface area contributed by atoms with E-state index >= 15 is 0 Å². The van der Waals surface area contributed by atoms with Crippen LogP contribution in [0, 0.1) is 13.8 Å². The maximum absolute atomic E-state index is 9.69. The Kier molecular flexibility index (Phi) is 7.52. The second-order valence-electron chi connectivity index (χ2n) is 5.20. The van der Waals surface area contributed by atoms with Crippen molar-refractivity contribution in [2.45, 2.75) is 13.8 Å². The molecule has 0 bridgehead atoms. The Morgan fingerprint density at radius 1 is 0.783 bits per heavy atom. The number of hydrogen-bond acceptors (Lipinski definition) is 4. The van der Waals surface area contributed by atoms with E-state index < -0.39 is 0 Å². The molecule has 0 heterocycles. The number of nitrogens with zero attached hydrogens (tertiary/aromatic N) is 2. The topological polar surface area (TPSA) is 65.2 Å². The second kappa shape index (κ2) is 9.13. The first-order chi connectivity index (χ1) is 10.6. The molecule has 0 saturated heterocycles. The molecule has 2 aromatic carbocycles. The normalized spacial score (nSPS) is 11.0. The van der Waals surface area contributed by atoms with Crippen molar-refractivity contribution >= 4 is 12.4 Å². The van der Waals surface area contributed by atoms with Crippen molar-refractivity contribution in [1.82, 2.24) is 0 Å². The molecule has 123 valence electrons. The summed E-state index contributed by atoms with van der Waals surface area (Å²) >= 11 is 0. The fraction of sp³-hybridized carbons (Fsp3) is 0.222. The third kappa shape index (κ3) is 5.89. The Bertz CT molecular complexity index is 651. The summed E-state index contributed by atoms with van der Waals surface area (Å²) in [5.74, 6) is 0.449. The Labute approximate surface area is 147 Å². The van der Waals surface area contributed by atoms with Crippen molar-refractivity contribution in [3.8, 4) is 11.5 Å². The number of rotatable bonds is 5. The van der Waals surface area contributed by atoms with E-state index in [9.17, 15) is 10.2 Å². The van der Waals surface area contributed by atoms with E-state index in [0.717, 1.165) is 11.1 Å². The molecular formula is C18H20CuN2O2+2. The number of benzene rings is 2. The average molecular weight is 360 g/mol. The molecule has 0 spiro atoms. The number of aryl methyl sites for hydroxylation is 2. The van der Waals surface area contributed by atoms with Gasteiger partial charge in [-0.1, -0.05) is 23.3 Å². The summed E-state index contributed by atoms with van der Waals surface area (Å²) in [7, 11) is 0. The van der Waals surface area contributed by atoms with Crippen molar-refractivity contribution in [3.05, 3.63) is 58.7 Å². The molecule has 0 fully saturated rings.